The summed E-state index contributed by atoms with van der Waals surface area (Å²) in [5.41, 5.74) is 5.66. The first-order valence-electron chi connectivity index (χ1n) is 9.61. The molecular formula is C22H23NO5. The van der Waals surface area contributed by atoms with Crippen LogP contribution in [-0.4, -0.2) is 36.4 Å². The number of methoxy groups -OCH3 is 1. The first kappa shape index (κ1) is 17.4. The molecule has 3 aliphatic heterocycles. The van der Waals surface area contributed by atoms with Gasteiger partial charge in [-0.05, 0) is 47.7 Å². The fourth-order valence-electron chi connectivity index (χ4n) is 5.08. The number of carboxylic acid groups (broad SMARTS) is 1. The van der Waals surface area contributed by atoms with Crippen molar-refractivity contribution in [2.45, 2.75) is 38.3 Å². The number of carboxylic acids is 1. The summed E-state index contributed by atoms with van der Waals surface area (Å²) in [5.74, 6) is 1.49. The maximum Gasteiger partial charge on any atom is 0.304 e. The molecule has 146 valence electrons. The van der Waals surface area contributed by atoms with Crippen LogP contribution in [0.2, 0.25) is 0 Å². The normalized spacial score (nSPS) is 22.2. The van der Waals surface area contributed by atoms with Crippen molar-refractivity contribution in [1.29, 1.82) is 0 Å². The maximum absolute atomic E-state index is 11.8. The average molecular weight is 381 g/mol. The van der Waals surface area contributed by atoms with Gasteiger partial charge in [0, 0.05) is 30.6 Å². The third-order valence-corrected chi connectivity index (χ3v) is 6.25. The quantitative estimate of drug-likeness (QED) is 0.879. The van der Waals surface area contributed by atoms with E-state index in [0.717, 1.165) is 59.0 Å². The Hall–Kier alpha value is -2.73. The Morgan fingerprint density at radius 1 is 1.25 bits per heavy atom. The second-order valence-electron chi connectivity index (χ2n) is 7.76. The SMILES string of the molecule is COc1c(C)ccc2c1CN1CCc3cc4c(cc3C1C2CC(=O)O)OCO4. The van der Waals surface area contributed by atoms with Gasteiger partial charge in [0.25, 0.3) is 0 Å². The van der Waals surface area contributed by atoms with E-state index in [1.54, 1.807) is 7.11 Å². The number of rotatable bonds is 3. The number of aliphatic carboxylic acids is 1. The first-order chi connectivity index (χ1) is 13.6. The van der Waals surface area contributed by atoms with Crippen LogP contribution < -0.4 is 14.2 Å². The lowest BCUT2D eigenvalue weighted by atomic mass is 9.74. The number of aryl methyl sites for hydroxylation is 1. The molecule has 28 heavy (non-hydrogen) atoms. The highest BCUT2D eigenvalue weighted by Crippen LogP contribution is 2.51. The highest BCUT2D eigenvalue weighted by Gasteiger charge is 2.42. The largest absolute Gasteiger partial charge is 0.496 e. The van der Waals surface area contributed by atoms with Crippen molar-refractivity contribution in [3.05, 3.63) is 52.1 Å². The predicted octanol–water partition coefficient (Wildman–Crippen LogP) is 3.40. The molecule has 0 radical (unpaired) electrons. The summed E-state index contributed by atoms with van der Waals surface area (Å²) in [6.07, 6.45) is 0.986. The molecule has 6 heteroatoms. The Bertz CT molecular complexity index is 970. The number of benzene rings is 2. The van der Waals surface area contributed by atoms with E-state index in [2.05, 4.69) is 23.1 Å². The van der Waals surface area contributed by atoms with E-state index in [4.69, 9.17) is 14.2 Å². The van der Waals surface area contributed by atoms with E-state index in [1.807, 2.05) is 13.0 Å². The van der Waals surface area contributed by atoms with Crippen LogP contribution in [0.3, 0.4) is 0 Å². The van der Waals surface area contributed by atoms with Gasteiger partial charge in [-0.3, -0.25) is 9.69 Å². The number of hydrogen-bond donors (Lipinski definition) is 1. The third kappa shape index (κ3) is 2.55. The molecule has 0 saturated carbocycles. The Kier molecular flexibility index (Phi) is 3.98. The van der Waals surface area contributed by atoms with Crippen molar-refractivity contribution < 1.29 is 24.1 Å². The van der Waals surface area contributed by atoms with Gasteiger partial charge in [-0.2, -0.15) is 0 Å². The number of hydrogen-bond acceptors (Lipinski definition) is 5. The van der Waals surface area contributed by atoms with E-state index >= 15 is 0 Å². The van der Waals surface area contributed by atoms with Crippen LogP contribution in [0, 0.1) is 6.92 Å². The molecule has 1 N–H and O–H groups in total. The monoisotopic (exact) mass is 381 g/mol. The summed E-state index contributed by atoms with van der Waals surface area (Å²) in [4.78, 5) is 14.2. The average Bonchev–Trinajstić information content (AvgIpc) is 3.12. The second-order valence-corrected chi connectivity index (χ2v) is 7.76. The third-order valence-electron chi connectivity index (χ3n) is 6.25. The summed E-state index contributed by atoms with van der Waals surface area (Å²) in [7, 11) is 1.69. The van der Waals surface area contributed by atoms with E-state index in [1.165, 1.54) is 5.56 Å². The van der Waals surface area contributed by atoms with Crippen molar-refractivity contribution in [2.24, 2.45) is 0 Å². The number of fused-ring (bicyclic) bond motifs is 5. The molecule has 3 aliphatic rings. The fourth-order valence-corrected chi connectivity index (χ4v) is 5.08. The van der Waals surface area contributed by atoms with Gasteiger partial charge in [0.1, 0.15) is 5.75 Å². The van der Waals surface area contributed by atoms with Crippen LogP contribution in [-0.2, 0) is 17.8 Å². The number of ether oxygens (including phenoxy) is 3. The second kappa shape index (κ2) is 6.41. The van der Waals surface area contributed by atoms with Gasteiger partial charge in [-0.15, -0.1) is 0 Å². The zero-order valence-electron chi connectivity index (χ0n) is 16.0. The molecule has 0 fully saturated rings. The summed E-state index contributed by atoms with van der Waals surface area (Å²) in [6.45, 7) is 3.91. The van der Waals surface area contributed by atoms with Crippen LogP contribution in [0.1, 0.15) is 46.2 Å². The van der Waals surface area contributed by atoms with Gasteiger partial charge in [0.15, 0.2) is 11.5 Å². The van der Waals surface area contributed by atoms with E-state index in [-0.39, 0.29) is 25.2 Å². The van der Waals surface area contributed by atoms with Gasteiger partial charge in [0.2, 0.25) is 6.79 Å². The summed E-state index contributed by atoms with van der Waals surface area (Å²) >= 11 is 0. The van der Waals surface area contributed by atoms with Crippen LogP contribution in [0.15, 0.2) is 24.3 Å². The molecule has 0 aliphatic carbocycles. The Labute approximate surface area is 163 Å². The number of carbonyl (C=O) groups is 1. The summed E-state index contributed by atoms with van der Waals surface area (Å²) in [6, 6.07) is 8.25. The minimum atomic E-state index is -0.787. The zero-order valence-corrected chi connectivity index (χ0v) is 16.0. The van der Waals surface area contributed by atoms with Gasteiger partial charge in [-0.1, -0.05) is 12.1 Å². The molecule has 0 aromatic heterocycles. The van der Waals surface area contributed by atoms with Gasteiger partial charge >= 0.3 is 5.97 Å². The molecule has 5 rings (SSSR count). The molecule has 0 spiro atoms. The molecule has 6 nitrogen and oxygen atoms in total. The summed E-state index contributed by atoms with van der Waals surface area (Å²) in [5, 5.41) is 9.67. The topological polar surface area (TPSA) is 68.2 Å². The van der Waals surface area contributed by atoms with Crippen LogP contribution in [0.5, 0.6) is 17.2 Å². The number of nitrogens with zero attached hydrogens (tertiary/aromatic N) is 1. The highest BCUT2D eigenvalue weighted by molar-refractivity contribution is 5.69. The lowest BCUT2D eigenvalue weighted by Gasteiger charge is -2.46. The maximum atomic E-state index is 11.8. The fraction of sp³-hybridized carbons (Fsp3) is 0.409. The van der Waals surface area contributed by atoms with E-state index < -0.39 is 5.97 Å². The van der Waals surface area contributed by atoms with Crippen LogP contribution >= 0.6 is 0 Å². The van der Waals surface area contributed by atoms with Crippen LogP contribution in [0.25, 0.3) is 0 Å². The lowest BCUT2D eigenvalue weighted by molar-refractivity contribution is -0.138. The highest BCUT2D eigenvalue weighted by atomic mass is 16.7. The Morgan fingerprint density at radius 3 is 2.79 bits per heavy atom. The standard InChI is InChI=1S/C22H23NO5/c1-12-3-4-14-16(9-20(24)25)21-15-8-19-18(27-11-28-19)7-13(15)5-6-23(21)10-17(14)22(12)26-2/h3-4,7-8,16,21H,5-6,9-11H2,1-2H3,(H,24,25). The minimum Gasteiger partial charge on any atom is -0.496 e. The molecule has 2 aromatic carbocycles. The molecule has 0 amide bonds. The van der Waals surface area contributed by atoms with E-state index in [9.17, 15) is 9.90 Å². The van der Waals surface area contributed by atoms with Crippen molar-refractivity contribution in [1.82, 2.24) is 4.90 Å². The van der Waals surface area contributed by atoms with Crippen molar-refractivity contribution >= 4 is 5.97 Å². The molecule has 2 unspecified atom stereocenters. The lowest BCUT2D eigenvalue weighted by Crippen LogP contribution is -2.42. The Morgan fingerprint density at radius 2 is 2.04 bits per heavy atom. The van der Waals surface area contributed by atoms with Crippen molar-refractivity contribution in [3.8, 4) is 17.2 Å². The molecular weight excluding hydrogens is 358 g/mol. The first-order valence-corrected chi connectivity index (χ1v) is 9.61. The molecule has 0 bridgehead atoms. The predicted molar refractivity (Wildman–Crippen MR) is 102 cm³/mol. The minimum absolute atomic E-state index is 0.00858. The zero-order chi connectivity index (χ0) is 19.4. The van der Waals surface area contributed by atoms with Gasteiger partial charge < -0.3 is 19.3 Å². The smallest absolute Gasteiger partial charge is 0.304 e. The molecule has 2 atom stereocenters. The van der Waals surface area contributed by atoms with Gasteiger partial charge in [-0.25, -0.2) is 0 Å². The molecule has 3 heterocycles. The van der Waals surface area contributed by atoms with Crippen molar-refractivity contribution in [2.75, 3.05) is 20.4 Å². The Balaban J connectivity index is 1.67. The van der Waals surface area contributed by atoms with Gasteiger partial charge in [0.05, 0.1) is 13.5 Å². The van der Waals surface area contributed by atoms with Crippen molar-refractivity contribution in [3.63, 3.8) is 0 Å². The van der Waals surface area contributed by atoms with E-state index in [0.29, 0.717) is 0 Å². The summed E-state index contributed by atoms with van der Waals surface area (Å²) < 4.78 is 16.8. The van der Waals surface area contributed by atoms with Crippen LogP contribution in [0.4, 0.5) is 0 Å². The molecule has 2 aromatic rings. The molecule has 0 saturated heterocycles.